The molecule has 0 spiro atoms. The van der Waals surface area contributed by atoms with E-state index in [2.05, 4.69) is 4.72 Å². The summed E-state index contributed by atoms with van der Waals surface area (Å²) in [5.74, 6) is -0.639. The zero-order valence-electron chi connectivity index (χ0n) is 14.8. The van der Waals surface area contributed by atoms with Gasteiger partial charge >= 0.3 is 6.09 Å². The molecule has 1 saturated heterocycles. The Balaban J connectivity index is 1.92. The first-order valence-electron chi connectivity index (χ1n) is 8.27. The fourth-order valence-corrected chi connectivity index (χ4v) is 3.86. The molecule has 2 rings (SSSR count). The van der Waals surface area contributed by atoms with Crippen LogP contribution in [0.4, 0.5) is 9.18 Å². The summed E-state index contributed by atoms with van der Waals surface area (Å²) in [5.41, 5.74) is -0.0870. The number of hydrogen-bond acceptors (Lipinski definition) is 4. The van der Waals surface area contributed by atoms with Crippen molar-refractivity contribution < 1.29 is 22.3 Å². The van der Waals surface area contributed by atoms with E-state index in [1.54, 1.807) is 25.7 Å². The number of likely N-dealkylation sites (tertiary alicyclic amines) is 1. The van der Waals surface area contributed by atoms with Crippen LogP contribution in [0.5, 0.6) is 0 Å². The molecule has 0 radical (unpaired) electrons. The smallest absolute Gasteiger partial charge is 0.410 e. The highest BCUT2D eigenvalue weighted by molar-refractivity contribution is 7.88. The van der Waals surface area contributed by atoms with Gasteiger partial charge in [-0.1, -0.05) is 12.1 Å². The van der Waals surface area contributed by atoms with Crippen LogP contribution >= 0.6 is 0 Å². The molecule has 6 nitrogen and oxygen atoms in total. The lowest BCUT2D eigenvalue weighted by Crippen LogP contribution is -2.45. The van der Waals surface area contributed by atoms with Crippen molar-refractivity contribution in [2.24, 2.45) is 0 Å². The van der Waals surface area contributed by atoms with Gasteiger partial charge in [0.25, 0.3) is 0 Å². The number of ether oxygens (including phenoxy) is 1. The minimum Gasteiger partial charge on any atom is -0.444 e. The quantitative estimate of drug-likeness (QED) is 0.862. The first kappa shape index (κ1) is 19.7. The minimum absolute atomic E-state index is 0.142. The van der Waals surface area contributed by atoms with Gasteiger partial charge in [-0.15, -0.1) is 0 Å². The molecule has 1 amide bonds. The summed E-state index contributed by atoms with van der Waals surface area (Å²) in [7, 11) is -3.57. The first-order valence-corrected chi connectivity index (χ1v) is 9.92. The molecule has 1 N–H and O–H groups in total. The Bertz CT molecular complexity index is 698. The second kappa shape index (κ2) is 7.70. The van der Waals surface area contributed by atoms with Gasteiger partial charge in [-0.25, -0.2) is 22.3 Å². The predicted octanol–water partition coefficient (Wildman–Crippen LogP) is 2.64. The van der Waals surface area contributed by atoms with Gasteiger partial charge in [-0.3, -0.25) is 0 Å². The highest BCUT2D eigenvalue weighted by Gasteiger charge is 2.32. The number of halogens is 1. The number of nitrogens with one attached hydrogen (secondary N) is 1. The second-order valence-electron chi connectivity index (χ2n) is 7.20. The van der Waals surface area contributed by atoms with Crippen molar-refractivity contribution in [1.82, 2.24) is 9.62 Å². The standard InChI is InChI=1S/C17H25FN2O4S/c1-17(2,3)24-16(21)20-10-4-5-15(20)11-19-25(22,23)12-13-6-8-14(18)9-7-13/h6-9,15,19H,4-5,10-12H2,1-3H3. The molecule has 1 unspecified atom stereocenters. The molecule has 1 aliphatic rings. The van der Waals surface area contributed by atoms with E-state index >= 15 is 0 Å². The first-order chi connectivity index (χ1) is 11.6. The SMILES string of the molecule is CC(C)(C)OC(=O)N1CCCC1CNS(=O)(=O)Cc1ccc(F)cc1. The fraction of sp³-hybridized carbons (Fsp3) is 0.588. The van der Waals surface area contributed by atoms with E-state index in [4.69, 9.17) is 4.74 Å². The maximum Gasteiger partial charge on any atom is 0.410 e. The molecule has 1 aromatic carbocycles. The molecule has 0 bridgehead atoms. The summed E-state index contributed by atoms with van der Waals surface area (Å²) in [6.45, 7) is 6.08. The van der Waals surface area contributed by atoms with Crippen molar-refractivity contribution in [2.45, 2.75) is 51.0 Å². The summed E-state index contributed by atoms with van der Waals surface area (Å²) < 4.78 is 45.2. The Kier molecular flexibility index (Phi) is 6.05. The summed E-state index contributed by atoms with van der Waals surface area (Å²) >= 11 is 0. The van der Waals surface area contributed by atoms with Crippen molar-refractivity contribution in [1.29, 1.82) is 0 Å². The molecule has 140 valence electrons. The normalized spacial score (nSPS) is 18.4. The average Bonchev–Trinajstić information content (AvgIpc) is 2.94. The maximum atomic E-state index is 12.9. The van der Waals surface area contributed by atoms with E-state index in [0.717, 1.165) is 12.8 Å². The summed E-state index contributed by atoms with van der Waals surface area (Å²) in [6, 6.07) is 5.12. The second-order valence-corrected chi connectivity index (χ2v) is 9.01. The van der Waals surface area contributed by atoms with Crippen molar-refractivity contribution in [3.05, 3.63) is 35.6 Å². The zero-order chi connectivity index (χ0) is 18.7. The monoisotopic (exact) mass is 372 g/mol. The summed E-state index contributed by atoms with van der Waals surface area (Å²) in [6.07, 6.45) is 1.11. The van der Waals surface area contributed by atoms with Crippen LogP contribution in [0.15, 0.2) is 24.3 Å². The minimum atomic E-state index is -3.57. The largest absolute Gasteiger partial charge is 0.444 e. The van der Waals surface area contributed by atoms with Crippen molar-refractivity contribution >= 4 is 16.1 Å². The number of benzene rings is 1. The fourth-order valence-electron chi connectivity index (χ4n) is 2.68. The third-order valence-electron chi connectivity index (χ3n) is 3.81. The van der Waals surface area contributed by atoms with E-state index in [0.29, 0.717) is 12.1 Å². The van der Waals surface area contributed by atoms with Gasteiger partial charge in [0, 0.05) is 19.1 Å². The topological polar surface area (TPSA) is 75.7 Å². The highest BCUT2D eigenvalue weighted by atomic mass is 32.2. The number of amides is 1. The molecule has 1 aliphatic heterocycles. The number of nitrogens with zero attached hydrogens (tertiary/aromatic N) is 1. The molecule has 1 aromatic rings. The van der Waals surface area contributed by atoms with Crippen LogP contribution in [0.1, 0.15) is 39.2 Å². The van der Waals surface area contributed by atoms with Crippen LogP contribution in [-0.4, -0.2) is 44.1 Å². The van der Waals surface area contributed by atoms with Crippen LogP contribution in [0.25, 0.3) is 0 Å². The van der Waals surface area contributed by atoms with Crippen LogP contribution in [-0.2, 0) is 20.5 Å². The van der Waals surface area contributed by atoms with E-state index < -0.39 is 27.5 Å². The van der Waals surface area contributed by atoms with E-state index in [1.165, 1.54) is 24.3 Å². The van der Waals surface area contributed by atoms with Crippen LogP contribution in [0.3, 0.4) is 0 Å². The van der Waals surface area contributed by atoms with Crippen molar-refractivity contribution in [2.75, 3.05) is 13.1 Å². The van der Waals surface area contributed by atoms with Gasteiger partial charge in [-0.2, -0.15) is 0 Å². The third-order valence-corrected chi connectivity index (χ3v) is 5.13. The number of carbonyl (C=O) groups is 1. The summed E-state index contributed by atoms with van der Waals surface area (Å²) in [4.78, 5) is 13.8. The molecule has 25 heavy (non-hydrogen) atoms. The Hall–Kier alpha value is -1.67. The molecule has 1 atom stereocenters. The van der Waals surface area contributed by atoms with Crippen LogP contribution < -0.4 is 4.72 Å². The third kappa shape index (κ3) is 6.28. The average molecular weight is 372 g/mol. The van der Waals surface area contributed by atoms with Crippen molar-refractivity contribution in [3.63, 3.8) is 0 Å². The Morgan fingerprint density at radius 1 is 1.32 bits per heavy atom. The lowest BCUT2D eigenvalue weighted by molar-refractivity contribution is 0.0229. The van der Waals surface area contributed by atoms with Crippen LogP contribution in [0.2, 0.25) is 0 Å². The lowest BCUT2D eigenvalue weighted by atomic mass is 10.2. The van der Waals surface area contributed by atoms with Gasteiger partial charge < -0.3 is 9.64 Å². The molecular weight excluding hydrogens is 347 g/mol. The molecule has 1 heterocycles. The number of hydrogen-bond donors (Lipinski definition) is 1. The van der Waals surface area contributed by atoms with E-state index in [1.807, 2.05) is 0 Å². The zero-order valence-corrected chi connectivity index (χ0v) is 15.6. The van der Waals surface area contributed by atoms with E-state index in [9.17, 15) is 17.6 Å². The maximum absolute atomic E-state index is 12.9. The molecule has 0 saturated carbocycles. The summed E-state index contributed by atoms with van der Waals surface area (Å²) in [5, 5.41) is 0. The van der Waals surface area contributed by atoms with Gasteiger partial charge in [0.2, 0.25) is 10.0 Å². The molecule has 0 aromatic heterocycles. The molecule has 8 heteroatoms. The number of rotatable bonds is 5. The van der Waals surface area contributed by atoms with Gasteiger partial charge in [0.05, 0.1) is 5.75 Å². The molecular formula is C17H25FN2O4S. The number of carbonyl (C=O) groups excluding carboxylic acids is 1. The Morgan fingerprint density at radius 3 is 2.56 bits per heavy atom. The van der Waals surface area contributed by atoms with Gasteiger partial charge in [0.1, 0.15) is 11.4 Å². The van der Waals surface area contributed by atoms with Crippen molar-refractivity contribution in [3.8, 4) is 0 Å². The lowest BCUT2D eigenvalue weighted by Gasteiger charge is -2.28. The molecule has 0 aliphatic carbocycles. The van der Waals surface area contributed by atoms with E-state index in [-0.39, 0.29) is 18.3 Å². The predicted molar refractivity (Wildman–Crippen MR) is 93.0 cm³/mol. The molecule has 1 fully saturated rings. The Labute approximate surface area is 148 Å². The van der Waals surface area contributed by atoms with Crippen LogP contribution in [0, 0.1) is 5.82 Å². The number of sulfonamides is 1. The highest BCUT2D eigenvalue weighted by Crippen LogP contribution is 2.20. The van der Waals surface area contributed by atoms with Gasteiger partial charge in [-0.05, 0) is 51.3 Å². The Morgan fingerprint density at radius 2 is 1.96 bits per heavy atom. The van der Waals surface area contributed by atoms with Gasteiger partial charge in [0.15, 0.2) is 0 Å².